The Kier molecular flexibility index (Phi) is 6.95. The van der Waals surface area contributed by atoms with Crippen molar-refractivity contribution in [1.82, 2.24) is 9.88 Å². The van der Waals surface area contributed by atoms with Crippen LogP contribution in [0.25, 0.3) is 0 Å². The van der Waals surface area contributed by atoms with Gasteiger partial charge in [0.2, 0.25) is 0 Å². The maximum absolute atomic E-state index is 13.2. The van der Waals surface area contributed by atoms with Gasteiger partial charge in [-0.2, -0.15) is 13.2 Å². The lowest BCUT2D eigenvalue weighted by molar-refractivity contribution is -0.137. The molecule has 0 unspecified atom stereocenters. The van der Waals surface area contributed by atoms with Crippen molar-refractivity contribution in [2.45, 2.75) is 50.9 Å². The summed E-state index contributed by atoms with van der Waals surface area (Å²) in [5.74, 6) is 0.706. The first-order valence-corrected chi connectivity index (χ1v) is 11.4. The van der Waals surface area contributed by atoms with E-state index in [0.29, 0.717) is 17.1 Å². The van der Waals surface area contributed by atoms with Crippen LogP contribution in [0.2, 0.25) is 0 Å². The van der Waals surface area contributed by atoms with Crippen molar-refractivity contribution in [2.75, 3.05) is 18.0 Å². The summed E-state index contributed by atoms with van der Waals surface area (Å²) < 4.78 is 45.6. The minimum absolute atomic E-state index is 0.0598. The predicted octanol–water partition coefficient (Wildman–Crippen LogP) is 6.36. The standard InChI is InChI=1S/C26H29F3N4O/c1-18(2)31-16-19(3)32-14-11-22(12-15-32)33(21-6-4-20(5-7-21)26(27,28)29)24-17-30-13-10-25(24)34-23-8-9-23/h4-7,10,13,16-17,22-23H,1,3,8-9,11-12,14-15H2,2H3. The number of allylic oxidation sites excluding steroid dienone is 2. The molecular formula is C26H29F3N4O. The number of halogens is 3. The van der Waals surface area contributed by atoms with Crippen LogP contribution in [0.15, 0.2) is 72.3 Å². The predicted molar refractivity (Wildman–Crippen MR) is 129 cm³/mol. The number of rotatable bonds is 8. The summed E-state index contributed by atoms with van der Waals surface area (Å²) in [5, 5.41) is 0. The molecular weight excluding hydrogens is 441 g/mol. The Labute approximate surface area is 198 Å². The Morgan fingerprint density at radius 1 is 1.12 bits per heavy atom. The van der Waals surface area contributed by atoms with E-state index < -0.39 is 11.7 Å². The van der Waals surface area contributed by atoms with Crippen molar-refractivity contribution in [2.24, 2.45) is 4.99 Å². The van der Waals surface area contributed by atoms with Crippen LogP contribution in [0.4, 0.5) is 24.5 Å². The number of aromatic nitrogens is 1. The van der Waals surface area contributed by atoms with Crippen LogP contribution in [-0.4, -0.2) is 41.3 Å². The van der Waals surface area contributed by atoms with Gasteiger partial charge in [-0.1, -0.05) is 13.2 Å². The molecule has 0 amide bonds. The van der Waals surface area contributed by atoms with Crippen molar-refractivity contribution in [3.8, 4) is 5.75 Å². The fraction of sp³-hybridized carbons (Fsp3) is 0.385. The number of hydrogen-bond donors (Lipinski definition) is 0. The van der Waals surface area contributed by atoms with Crippen molar-refractivity contribution in [3.63, 3.8) is 0 Å². The molecule has 5 nitrogen and oxygen atoms in total. The van der Waals surface area contributed by atoms with Crippen molar-refractivity contribution in [1.29, 1.82) is 0 Å². The van der Waals surface area contributed by atoms with Crippen molar-refractivity contribution in [3.05, 3.63) is 72.8 Å². The molecule has 0 N–H and O–H groups in total. The molecule has 34 heavy (non-hydrogen) atoms. The highest BCUT2D eigenvalue weighted by Crippen LogP contribution is 2.41. The third kappa shape index (κ3) is 5.79. The van der Waals surface area contributed by atoms with Gasteiger partial charge < -0.3 is 14.5 Å². The van der Waals surface area contributed by atoms with Gasteiger partial charge in [0.15, 0.2) is 0 Å². The second kappa shape index (κ2) is 9.91. The monoisotopic (exact) mass is 470 g/mol. The molecule has 1 aromatic carbocycles. The topological polar surface area (TPSA) is 41.0 Å². The van der Waals surface area contributed by atoms with E-state index in [9.17, 15) is 13.2 Å². The molecule has 0 atom stereocenters. The van der Waals surface area contributed by atoms with Crippen LogP contribution in [0.1, 0.15) is 38.2 Å². The number of hydrogen-bond acceptors (Lipinski definition) is 5. The zero-order chi connectivity index (χ0) is 24.3. The Balaban J connectivity index is 1.61. The third-order valence-corrected chi connectivity index (χ3v) is 5.98. The lowest BCUT2D eigenvalue weighted by Crippen LogP contribution is -2.43. The Bertz CT molecular complexity index is 1050. The number of benzene rings is 1. The summed E-state index contributed by atoms with van der Waals surface area (Å²) in [7, 11) is 0. The summed E-state index contributed by atoms with van der Waals surface area (Å²) in [6, 6.07) is 7.21. The highest BCUT2D eigenvalue weighted by Gasteiger charge is 2.33. The smallest absolute Gasteiger partial charge is 0.416 e. The van der Waals surface area contributed by atoms with Crippen LogP contribution >= 0.6 is 0 Å². The molecule has 1 aliphatic heterocycles. The second-order valence-electron chi connectivity index (χ2n) is 8.78. The lowest BCUT2D eigenvalue weighted by atomic mass is 10.0. The molecule has 1 saturated carbocycles. The first kappa shape index (κ1) is 23.9. The van der Waals surface area contributed by atoms with Gasteiger partial charge in [-0.25, -0.2) is 0 Å². The number of anilines is 2. The molecule has 2 fully saturated rings. The minimum Gasteiger partial charge on any atom is -0.488 e. The maximum atomic E-state index is 13.2. The molecule has 0 spiro atoms. The van der Waals surface area contributed by atoms with Crippen LogP contribution < -0.4 is 9.64 Å². The van der Waals surface area contributed by atoms with Gasteiger partial charge >= 0.3 is 6.18 Å². The van der Waals surface area contributed by atoms with Crippen molar-refractivity contribution >= 4 is 17.6 Å². The van der Waals surface area contributed by atoms with Gasteiger partial charge in [0.25, 0.3) is 0 Å². The molecule has 2 aliphatic rings. The molecule has 8 heteroatoms. The number of piperidine rings is 1. The third-order valence-electron chi connectivity index (χ3n) is 5.98. The Hall–Kier alpha value is -3.29. The molecule has 0 radical (unpaired) electrons. The number of alkyl halides is 3. The van der Waals surface area contributed by atoms with E-state index in [2.05, 4.69) is 32.9 Å². The molecule has 1 saturated heterocycles. The molecule has 180 valence electrons. The van der Waals surface area contributed by atoms with E-state index in [4.69, 9.17) is 4.74 Å². The van der Waals surface area contributed by atoms with E-state index in [-0.39, 0.29) is 12.1 Å². The summed E-state index contributed by atoms with van der Waals surface area (Å²) in [4.78, 5) is 12.8. The van der Waals surface area contributed by atoms with Gasteiger partial charge in [0, 0.05) is 54.7 Å². The van der Waals surface area contributed by atoms with Crippen molar-refractivity contribution < 1.29 is 17.9 Å². The highest BCUT2D eigenvalue weighted by atomic mass is 19.4. The number of aliphatic imine (C=N–C) groups is 1. The normalized spacial score (nSPS) is 17.1. The lowest BCUT2D eigenvalue weighted by Gasteiger charge is -2.41. The van der Waals surface area contributed by atoms with Gasteiger partial charge in [-0.3, -0.25) is 9.98 Å². The van der Waals surface area contributed by atoms with E-state index in [1.165, 1.54) is 12.1 Å². The summed E-state index contributed by atoms with van der Waals surface area (Å²) in [6.45, 7) is 11.2. The number of likely N-dealkylation sites (tertiary alicyclic amines) is 1. The van der Waals surface area contributed by atoms with Gasteiger partial charge in [-0.15, -0.1) is 0 Å². The SMILES string of the molecule is C=C(C)N=CC(=C)N1CCC(N(c2ccc(C(F)(F)F)cc2)c2cnccc2OC2CC2)CC1. The first-order valence-electron chi connectivity index (χ1n) is 11.4. The average Bonchev–Trinajstić information content (AvgIpc) is 3.63. The highest BCUT2D eigenvalue weighted by molar-refractivity contribution is 5.77. The fourth-order valence-corrected chi connectivity index (χ4v) is 4.05. The molecule has 4 rings (SSSR count). The van der Waals surface area contributed by atoms with Crippen LogP contribution in [0.5, 0.6) is 5.75 Å². The zero-order valence-corrected chi connectivity index (χ0v) is 19.3. The molecule has 0 bridgehead atoms. The van der Waals surface area contributed by atoms with E-state index in [1.54, 1.807) is 18.6 Å². The first-order chi connectivity index (χ1) is 16.2. The van der Waals surface area contributed by atoms with Gasteiger partial charge in [0.1, 0.15) is 11.4 Å². The summed E-state index contributed by atoms with van der Waals surface area (Å²) in [6.07, 6.45) is 4.54. The summed E-state index contributed by atoms with van der Waals surface area (Å²) >= 11 is 0. The quantitative estimate of drug-likeness (QED) is 0.421. The van der Waals surface area contributed by atoms with E-state index in [0.717, 1.165) is 62.3 Å². The molecule has 2 heterocycles. The van der Waals surface area contributed by atoms with Crippen LogP contribution in [0.3, 0.4) is 0 Å². The number of pyridine rings is 1. The minimum atomic E-state index is -4.38. The maximum Gasteiger partial charge on any atom is 0.416 e. The fourth-order valence-electron chi connectivity index (χ4n) is 4.05. The Morgan fingerprint density at radius 3 is 2.38 bits per heavy atom. The van der Waals surface area contributed by atoms with Crippen LogP contribution in [0, 0.1) is 0 Å². The van der Waals surface area contributed by atoms with Gasteiger partial charge in [0.05, 0.1) is 17.9 Å². The van der Waals surface area contributed by atoms with Crippen LogP contribution in [-0.2, 0) is 6.18 Å². The number of nitrogens with zero attached hydrogens (tertiary/aromatic N) is 4. The summed E-state index contributed by atoms with van der Waals surface area (Å²) in [5.41, 5.74) is 2.32. The largest absolute Gasteiger partial charge is 0.488 e. The average molecular weight is 471 g/mol. The van der Waals surface area contributed by atoms with E-state index in [1.807, 2.05) is 13.0 Å². The molecule has 1 aromatic heterocycles. The molecule has 1 aliphatic carbocycles. The Morgan fingerprint density at radius 2 is 1.79 bits per heavy atom. The van der Waals surface area contributed by atoms with E-state index >= 15 is 0 Å². The zero-order valence-electron chi connectivity index (χ0n) is 19.3. The second-order valence-corrected chi connectivity index (χ2v) is 8.78. The van der Waals surface area contributed by atoms with Gasteiger partial charge in [-0.05, 0) is 56.9 Å². The molecule has 2 aromatic rings. The number of ether oxygens (including phenoxy) is 1.